The Balaban J connectivity index is 1.38. The number of amides is 1. The van der Waals surface area contributed by atoms with E-state index in [0.717, 1.165) is 30.6 Å². The number of aromatic nitrogens is 1. The van der Waals surface area contributed by atoms with Crippen LogP contribution < -0.4 is 0 Å². The Labute approximate surface area is 176 Å². The van der Waals surface area contributed by atoms with E-state index in [1.54, 1.807) is 0 Å². The molecule has 29 heavy (non-hydrogen) atoms. The molecule has 0 bridgehead atoms. The topological polar surface area (TPSA) is 33.2 Å². The minimum absolute atomic E-state index is 0.330. The normalized spacial score (nSPS) is 44.4. The molecule has 3 heteroatoms. The Morgan fingerprint density at radius 1 is 1.07 bits per heavy atom. The molecule has 0 aromatic carbocycles. The summed E-state index contributed by atoms with van der Waals surface area (Å²) in [6.45, 7) is 5.11. The fourth-order valence-corrected chi connectivity index (χ4v) is 8.21. The summed E-state index contributed by atoms with van der Waals surface area (Å²) in [5.74, 6) is 3.57. The highest BCUT2D eigenvalue weighted by Gasteiger charge is 2.60. The Morgan fingerprint density at radius 3 is 2.69 bits per heavy atom. The molecule has 1 aromatic rings. The lowest BCUT2D eigenvalue weighted by Crippen LogP contribution is -2.61. The van der Waals surface area contributed by atoms with Crippen LogP contribution in [0.2, 0.25) is 0 Å². The second kappa shape index (κ2) is 6.96. The third kappa shape index (κ3) is 2.91. The molecule has 5 rings (SSSR count). The van der Waals surface area contributed by atoms with E-state index in [2.05, 4.69) is 49.0 Å². The van der Waals surface area contributed by atoms with Gasteiger partial charge in [0.25, 0.3) is 0 Å². The first-order valence-electron chi connectivity index (χ1n) is 11.8. The summed E-state index contributed by atoms with van der Waals surface area (Å²) in [5, 5.41) is 0. The van der Waals surface area contributed by atoms with Crippen molar-refractivity contribution >= 4 is 12.0 Å². The van der Waals surface area contributed by atoms with Gasteiger partial charge in [0, 0.05) is 31.9 Å². The number of likely N-dealkylation sites (tertiary alicyclic amines) is 1. The first-order chi connectivity index (χ1) is 13.9. The van der Waals surface area contributed by atoms with E-state index in [1.807, 2.05) is 18.5 Å². The molecule has 4 aliphatic rings. The predicted octanol–water partition coefficient (Wildman–Crippen LogP) is 5.57. The van der Waals surface area contributed by atoms with Crippen molar-refractivity contribution in [2.24, 2.45) is 34.5 Å². The molecule has 1 saturated heterocycles. The minimum atomic E-state index is 0.330. The average Bonchev–Trinajstić information content (AvgIpc) is 3.07. The number of pyridine rings is 1. The van der Waals surface area contributed by atoms with Gasteiger partial charge < -0.3 is 4.90 Å². The summed E-state index contributed by atoms with van der Waals surface area (Å²) >= 11 is 0. The van der Waals surface area contributed by atoms with Gasteiger partial charge in [-0.1, -0.05) is 32.1 Å². The van der Waals surface area contributed by atoms with Gasteiger partial charge in [0.1, 0.15) is 0 Å². The maximum Gasteiger partial charge on any atom is 0.222 e. The molecule has 7 atom stereocenters. The van der Waals surface area contributed by atoms with Crippen LogP contribution in [0.3, 0.4) is 0 Å². The van der Waals surface area contributed by atoms with E-state index in [4.69, 9.17) is 0 Å². The fraction of sp³-hybridized carbons (Fsp3) is 0.692. The Hall–Kier alpha value is -1.64. The number of allylic oxidation sites excluding steroid dienone is 1. The van der Waals surface area contributed by atoms with E-state index >= 15 is 0 Å². The number of nitrogens with zero attached hydrogens (tertiary/aromatic N) is 2. The van der Waals surface area contributed by atoms with E-state index in [1.165, 1.54) is 44.1 Å². The highest BCUT2D eigenvalue weighted by atomic mass is 16.2. The zero-order valence-electron chi connectivity index (χ0n) is 18.3. The molecule has 4 fully saturated rings. The first kappa shape index (κ1) is 19.3. The van der Waals surface area contributed by atoms with Crippen LogP contribution in [0.4, 0.5) is 0 Å². The summed E-state index contributed by atoms with van der Waals surface area (Å²) in [4.78, 5) is 18.7. The maximum absolute atomic E-state index is 12.3. The summed E-state index contributed by atoms with van der Waals surface area (Å²) in [7, 11) is 2.06. The van der Waals surface area contributed by atoms with E-state index in [-0.39, 0.29) is 0 Å². The highest BCUT2D eigenvalue weighted by molar-refractivity contribution is 5.77. The van der Waals surface area contributed by atoms with Crippen LogP contribution in [0, 0.1) is 34.5 Å². The Bertz CT molecular complexity index is 804. The Morgan fingerprint density at radius 2 is 1.90 bits per heavy atom. The van der Waals surface area contributed by atoms with Gasteiger partial charge in [0.2, 0.25) is 5.91 Å². The number of carbonyl (C=O) groups excluding carboxylic acids is 1. The van der Waals surface area contributed by atoms with E-state index in [9.17, 15) is 4.79 Å². The minimum Gasteiger partial charge on any atom is -0.342 e. The Kier molecular flexibility index (Phi) is 4.64. The molecule has 0 radical (unpaired) electrons. The molecule has 0 N–H and O–H groups in total. The number of fused-ring (bicyclic) bond motifs is 5. The van der Waals surface area contributed by atoms with Crippen molar-refractivity contribution in [1.29, 1.82) is 0 Å². The predicted molar refractivity (Wildman–Crippen MR) is 117 cm³/mol. The van der Waals surface area contributed by atoms with Crippen LogP contribution in [0.5, 0.6) is 0 Å². The molecule has 0 spiro atoms. The third-order valence-corrected chi connectivity index (χ3v) is 9.84. The van der Waals surface area contributed by atoms with Crippen molar-refractivity contribution in [2.45, 2.75) is 71.3 Å². The molecule has 1 aliphatic heterocycles. The SMILES string of the molecule is CN1C(=O)CC[C@]2(C)[C@H]3CC[C@]4(C)[C@@H](C=Cc5cccnc5)CC[C@H]4[C@@H]3CC[C@@H]12. The molecule has 2 heterocycles. The molecule has 156 valence electrons. The van der Waals surface area contributed by atoms with Crippen LogP contribution in [0.25, 0.3) is 6.08 Å². The van der Waals surface area contributed by atoms with E-state index < -0.39 is 0 Å². The molecular formula is C26H36N2O. The second-order valence-corrected chi connectivity index (χ2v) is 10.9. The molecule has 1 amide bonds. The van der Waals surface area contributed by atoms with Gasteiger partial charge in [0.05, 0.1) is 0 Å². The van der Waals surface area contributed by atoms with Crippen LogP contribution >= 0.6 is 0 Å². The van der Waals surface area contributed by atoms with Crippen molar-refractivity contribution in [1.82, 2.24) is 9.88 Å². The number of hydrogen-bond acceptors (Lipinski definition) is 2. The number of rotatable bonds is 2. The lowest BCUT2D eigenvalue weighted by Gasteiger charge is -2.61. The smallest absolute Gasteiger partial charge is 0.222 e. The van der Waals surface area contributed by atoms with Crippen molar-refractivity contribution in [3.63, 3.8) is 0 Å². The zero-order chi connectivity index (χ0) is 20.2. The quantitative estimate of drug-likeness (QED) is 0.659. The number of piperidine rings is 1. The van der Waals surface area contributed by atoms with Crippen LogP contribution in [-0.4, -0.2) is 28.9 Å². The van der Waals surface area contributed by atoms with Crippen LogP contribution in [0.15, 0.2) is 30.6 Å². The summed E-state index contributed by atoms with van der Waals surface area (Å²) in [5.41, 5.74) is 1.99. The van der Waals surface area contributed by atoms with Crippen LogP contribution in [0.1, 0.15) is 70.8 Å². The van der Waals surface area contributed by atoms with Gasteiger partial charge >= 0.3 is 0 Å². The lowest BCUT2D eigenvalue weighted by molar-refractivity contribution is -0.157. The van der Waals surface area contributed by atoms with Crippen molar-refractivity contribution in [3.05, 3.63) is 36.2 Å². The highest BCUT2D eigenvalue weighted by Crippen LogP contribution is 2.66. The summed E-state index contributed by atoms with van der Waals surface area (Å²) in [6, 6.07) is 4.64. The summed E-state index contributed by atoms with van der Waals surface area (Å²) in [6.07, 6.45) is 18.4. The van der Waals surface area contributed by atoms with Gasteiger partial charge in [-0.3, -0.25) is 9.78 Å². The third-order valence-electron chi connectivity index (χ3n) is 9.84. The van der Waals surface area contributed by atoms with Gasteiger partial charge in [-0.25, -0.2) is 0 Å². The average molecular weight is 393 g/mol. The molecule has 3 saturated carbocycles. The molecule has 3 aliphatic carbocycles. The standard InChI is InChI=1S/C26H36N2O/c1-25-14-12-22-20(9-11-23-26(22,2)15-13-24(29)28(23)3)21(25)10-8-19(25)7-6-18-5-4-16-27-17-18/h4-7,16-17,19-23H,8-15H2,1-3H3/t19-,20-,21-,22-,23+,25+,26+/m0/s1. The summed E-state index contributed by atoms with van der Waals surface area (Å²) < 4.78 is 0. The number of carbonyl (C=O) groups is 1. The molecular weight excluding hydrogens is 356 g/mol. The van der Waals surface area contributed by atoms with Gasteiger partial charge in [-0.2, -0.15) is 0 Å². The zero-order valence-corrected chi connectivity index (χ0v) is 18.3. The second-order valence-electron chi connectivity index (χ2n) is 10.9. The van der Waals surface area contributed by atoms with Crippen LogP contribution in [-0.2, 0) is 4.79 Å². The van der Waals surface area contributed by atoms with Gasteiger partial charge in [-0.15, -0.1) is 0 Å². The van der Waals surface area contributed by atoms with E-state index in [0.29, 0.717) is 28.7 Å². The largest absolute Gasteiger partial charge is 0.342 e. The van der Waals surface area contributed by atoms with Crippen molar-refractivity contribution in [2.75, 3.05) is 7.05 Å². The first-order valence-corrected chi connectivity index (χ1v) is 11.8. The lowest BCUT2D eigenvalue weighted by atomic mass is 9.47. The fourth-order valence-electron chi connectivity index (χ4n) is 8.21. The molecule has 0 unspecified atom stereocenters. The van der Waals surface area contributed by atoms with Gasteiger partial charge in [0.15, 0.2) is 0 Å². The monoisotopic (exact) mass is 392 g/mol. The van der Waals surface area contributed by atoms with Crippen molar-refractivity contribution in [3.8, 4) is 0 Å². The number of hydrogen-bond donors (Lipinski definition) is 0. The molecule has 3 nitrogen and oxygen atoms in total. The van der Waals surface area contributed by atoms with Gasteiger partial charge in [-0.05, 0) is 91.1 Å². The van der Waals surface area contributed by atoms with Crippen molar-refractivity contribution < 1.29 is 4.79 Å². The molecule has 1 aromatic heterocycles. The maximum atomic E-state index is 12.3.